The van der Waals surface area contributed by atoms with Crippen molar-refractivity contribution < 1.29 is 9.47 Å². The summed E-state index contributed by atoms with van der Waals surface area (Å²) < 4.78 is 16.2. The van der Waals surface area contributed by atoms with Crippen LogP contribution >= 0.6 is 0 Å². The van der Waals surface area contributed by atoms with E-state index in [0.717, 1.165) is 0 Å². The third-order valence-electron chi connectivity index (χ3n) is 14.4. The highest BCUT2D eigenvalue weighted by Crippen LogP contribution is 2.41. The number of nitrogens with zero attached hydrogens (tertiary/aromatic N) is 3. The topological polar surface area (TPSA) is 52.1 Å². The Morgan fingerprint density at radius 2 is 0.562 bits per heavy atom. The molecule has 0 fully saturated rings. The van der Waals surface area contributed by atoms with E-state index < -0.39 is 6.71 Å². The molecule has 30 heteroatoms. The van der Waals surface area contributed by atoms with Crippen molar-refractivity contribution in [2.24, 2.45) is 0 Å². The van der Waals surface area contributed by atoms with Crippen LogP contribution in [-0.4, -0.2) is 204 Å². The molecule has 5 nitrogen and oxygen atoms in total. The zero-order valence-corrected chi connectivity index (χ0v) is 38.1. The summed E-state index contributed by atoms with van der Waals surface area (Å²) in [5.74, 6) is -0.655. The predicted octanol–water partition coefficient (Wildman–Crippen LogP) is -20.5. The summed E-state index contributed by atoms with van der Waals surface area (Å²) in [7, 11) is 162. The van der Waals surface area contributed by atoms with Crippen molar-refractivity contribution in [2.75, 3.05) is 0 Å². The first-order valence-electron chi connectivity index (χ1n) is 21.4. The van der Waals surface area contributed by atoms with Crippen LogP contribution in [0.4, 0.5) is 0 Å². The standard InChI is InChI=1S/C43B25N3O2/c44-7-3-4-8(45)12(49)19(56)26(63)37(4)71(36(3)25(62)18(55)11(7)48)39-27(64)14(51)10(47)6-5-9(46)13(50)17(54)24(61)35(5)70(38(6)39)34-2(1-69)40-33-43(30(34)67)73-42-29(66)21(58)16(53)23(60)32(42)68(33)31-22(59)15(52)20(57)28(65)41(31)72-40. The van der Waals surface area contributed by atoms with E-state index in [9.17, 15) is 5.26 Å². The van der Waals surface area contributed by atoms with Gasteiger partial charge in [0.2, 0.25) is 0 Å². The Kier molecular flexibility index (Phi) is 11.3. The number of hydrogen-bond acceptors (Lipinski definition) is 3. The number of fused-ring (bicyclic) bond motifs is 10. The van der Waals surface area contributed by atoms with E-state index in [0.29, 0.717) is 0 Å². The summed E-state index contributed by atoms with van der Waals surface area (Å²) in [6, 6.07) is 2.25. The van der Waals surface area contributed by atoms with Crippen LogP contribution in [0.2, 0.25) is 0 Å². The lowest BCUT2D eigenvalue weighted by atomic mass is 9.30. The highest BCUT2D eigenvalue weighted by atomic mass is 16.5. The zero-order valence-electron chi connectivity index (χ0n) is 38.1. The highest BCUT2D eigenvalue weighted by molar-refractivity contribution is 7.03. The van der Waals surface area contributed by atoms with Crippen molar-refractivity contribution in [3.63, 3.8) is 0 Å². The smallest absolute Gasteiger partial charge is 0.259 e. The lowest BCUT2D eigenvalue weighted by Crippen LogP contribution is -2.72. The van der Waals surface area contributed by atoms with Gasteiger partial charge in [-0.3, -0.25) is 0 Å². The average Bonchev–Trinajstić information content (AvgIpc) is 3.91. The molecule has 0 saturated heterocycles. The predicted molar refractivity (Wildman–Crippen MR) is 327 cm³/mol. The van der Waals surface area contributed by atoms with Crippen molar-refractivity contribution in [1.82, 2.24) is 9.13 Å². The van der Waals surface area contributed by atoms with E-state index in [1.807, 2.05) is 0 Å². The van der Waals surface area contributed by atoms with E-state index in [2.05, 4.69) is 6.07 Å². The van der Waals surface area contributed by atoms with Crippen molar-refractivity contribution in [1.29, 1.82) is 5.26 Å². The van der Waals surface area contributed by atoms with Crippen molar-refractivity contribution >= 4 is 386 Å². The first-order chi connectivity index (χ1) is 34.3. The van der Waals surface area contributed by atoms with E-state index in [4.69, 9.17) is 198 Å². The molecule has 4 heterocycles. The first-order valence-corrected chi connectivity index (χ1v) is 21.4. The number of rotatable bonds is 2. The molecule has 7 aromatic carbocycles. The van der Waals surface area contributed by atoms with Gasteiger partial charge in [0.15, 0.2) is 0 Å². The lowest BCUT2D eigenvalue weighted by Gasteiger charge is -2.40. The summed E-state index contributed by atoms with van der Waals surface area (Å²) in [5.41, 5.74) is -4.11. The molecule has 9 aromatic rings. The summed E-state index contributed by atoms with van der Waals surface area (Å²) in [6.45, 7) is -1.19. The van der Waals surface area contributed by atoms with Gasteiger partial charge in [0.05, 0.1) is 16.9 Å². The molecule has 48 radical (unpaired) electrons. The Labute approximate surface area is 453 Å². The quantitative estimate of drug-likeness (QED) is 0.163. The molecular weight excluding hydrogens is 861 g/mol. The van der Waals surface area contributed by atoms with Crippen molar-refractivity contribution in [2.45, 2.75) is 0 Å². The van der Waals surface area contributed by atoms with E-state index in [1.54, 1.807) is 0 Å². The van der Waals surface area contributed by atoms with Gasteiger partial charge in [-0.1, -0.05) is 54.6 Å². The number of ether oxygens (including phenoxy) is 2. The minimum absolute atomic E-state index is 0.0121. The van der Waals surface area contributed by atoms with Gasteiger partial charge < -0.3 is 18.6 Å². The fourth-order valence-electron chi connectivity index (χ4n) is 10.7. The molecule has 0 atom stereocenters. The van der Waals surface area contributed by atoms with Gasteiger partial charge in [0.1, 0.15) is 223 Å². The van der Waals surface area contributed by atoms with Gasteiger partial charge in [-0.25, -0.2) is 0 Å². The third kappa shape index (κ3) is 5.98. The van der Waals surface area contributed by atoms with Gasteiger partial charge in [-0.05, 0) is 32.5 Å². The van der Waals surface area contributed by atoms with Crippen LogP contribution in [0.5, 0.6) is 23.0 Å². The summed E-state index contributed by atoms with van der Waals surface area (Å²) in [4.78, 5) is 0. The Bertz CT molecular complexity index is 4190. The molecular formula is C43B25N3O2. The molecule has 0 amide bonds. The van der Waals surface area contributed by atoms with Gasteiger partial charge in [-0.15, -0.1) is 71.0 Å². The molecule has 2 aliphatic heterocycles. The van der Waals surface area contributed by atoms with E-state index in [1.165, 1.54) is 9.13 Å². The number of aromatic nitrogens is 2. The Morgan fingerprint density at radius 1 is 0.274 bits per heavy atom. The molecule has 2 aromatic heterocycles. The zero-order chi connectivity index (χ0) is 53.1. The molecule has 0 bridgehead atoms. The number of nitriles is 1. The molecule has 274 valence electrons. The second-order valence-electron chi connectivity index (χ2n) is 17.9. The Balaban J connectivity index is 1.45. The van der Waals surface area contributed by atoms with Crippen molar-refractivity contribution in [3.05, 3.63) is 5.56 Å². The van der Waals surface area contributed by atoms with Crippen LogP contribution in [0.1, 0.15) is 5.56 Å². The largest absolute Gasteiger partial charge is 0.460 e. The molecule has 0 saturated carbocycles. The SMILES string of the molecule is [B]c1c([B])c([B])c2c(c1[B])Oc1c([B])c(-n3c4c([B])c([B])c([B])c([B])c4c4c([B])c([B])c([B])c(-n5c6c([B])c([B])c([B])c([B])c6c6c([B])c([B])c([B])c([B])c65)c43)c(C#N)c3c1B2c1c([B])c([B])c([B])c([B])c1O3. The fourth-order valence-corrected chi connectivity index (χ4v) is 10.7. The molecule has 0 aliphatic carbocycles. The summed E-state index contributed by atoms with van der Waals surface area (Å²) in [5, 5.41) is 12.0. The maximum atomic E-state index is 11.7. The average molecular weight is 861 g/mol. The summed E-state index contributed by atoms with van der Waals surface area (Å²) in [6.07, 6.45) is 0. The summed E-state index contributed by atoms with van der Waals surface area (Å²) >= 11 is 0. The van der Waals surface area contributed by atoms with Crippen LogP contribution < -0.4 is 157 Å². The maximum Gasteiger partial charge on any atom is 0.259 e. The number of hydrogen-bond donors (Lipinski definition) is 0. The highest BCUT2D eigenvalue weighted by Gasteiger charge is 2.46. The Morgan fingerprint density at radius 3 is 0.945 bits per heavy atom. The fraction of sp³-hybridized carbons (Fsp3) is 0. The molecule has 0 unspecified atom stereocenters. The van der Waals surface area contributed by atoms with E-state index >= 15 is 0 Å². The second kappa shape index (κ2) is 16.4. The van der Waals surface area contributed by atoms with Crippen LogP contribution in [0.3, 0.4) is 0 Å². The van der Waals surface area contributed by atoms with Crippen LogP contribution in [-0.2, 0) is 0 Å². The van der Waals surface area contributed by atoms with Crippen LogP contribution in [0.25, 0.3) is 55.0 Å². The molecule has 11 rings (SSSR count). The lowest BCUT2D eigenvalue weighted by molar-refractivity contribution is 0.470. The van der Waals surface area contributed by atoms with Gasteiger partial charge >= 0.3 is 0 Å². The molecule has 0 spiro atoms. The number of benzene rings is 7. The van der Waals surface area contributed by atoms with Crippen LogP contribution in [0.15, 0.2) is 0 Å². The van der Waals surface area contributed by atoms with Gasteiger partial charge in [-0.2, -0.15) is 5.26 Å². The minimum atomic E-state index is -1.19. The third-order valence-corrected chi connectivity index (χ3v) is 14.4. The van der Waals surface area contributed by atoms with Crippen molar-refractivity contribution in [3.8, 4) is 40.4 Å². The molecule has 0 N–H and O–H groups in total. The minimum Gasteiger partial charge on any atom is -0.460 e. The molecule has 2 aliphatic rings. The van der Waals surface area contributed by atoms with Crippen LogP contribution in [0, 0.1) is 11.3 Å². The Hall–Kier alpha value is -5.15. The van der Waals surface area contributed by atoms with Gasteiger partial charge in [0, 0.05) is 27.4 Å². The monoisotopic (exact) mass is 865 g/mol. The normalized spacial score (nSPS) is 12.5. The molecule has 73 heavy (non-hydrogen) atoms. The second-order valence-corrected chi connectivity index (χ2v) is 17.9. The van der Waals surface area contributed by atoms with E-state index in [-0.39, 0.29) is 231 Å². The van der Waals surface area contributed by atoms with Gasteiger partial charge in [0.25, 0.3) is 6.71 Å². The maximum absolute atomic E-state index is 11.7. The first kappa shape index (κ1) is 50.0.